The summed E-state index contributed by atoms with van der Waals surface area (Å²) in [6, 6.07) is 13.7. The number of nitrogens with zero attached hydrogens (tertiary/aromatic N) is 2. The van der Waals surface area contributed by atoms with Crippen molar-refractivity contribution in [1.29, 1.82) is 0 Å². The Morgan fingerprint density at radius 1 is 1.06 bits per heavy atom. The van der Waals surface area contributed by atoms with E-state index in [1.165, 1.54) is 30.6 Å². The Hall–Kier alpha value is -3.00. The van der Waals surface area contributed by atoms with E-state index in [0.29, 0.717) is 30.6 Å². The second-order valence-electron chi connectivity index (χ2n) is 7.28. The molecule has 1 heterocycles. The van der Waals surface area contributed by atoms with Gasteiger partial charge < -0.3 is 14.8 Å². The molecule has 8 heteroatoms. The minimum absolute atomic E-state index is 0.213. The normalized spacial score (nSPS) is 15.4. The lowest BCUT2D eigenvalue weighted by atomic mass is 10.1. The van der Waals surface area contributed by atoms with Gasteiger partial charge in [-0.2, -0.15) is 0 Å². The van der Waals surface area contributed by atoms with E-state index in [1.807, 2.05) is 44.2 Å². The van der Waals surface area contributed by atoms with E-state index in [0.717, 1.165) is 22.4 Å². The molecule has 0 saturated heterocycles. The second kappa shape index (κ2) is 10.3. The maximum atomic E-state index is 12.1. The molecule has 0 radical (unpaired) electrons. The molecule has 0 spiro atoms. The van der Waals surface area contributed by atoms with Crippen molar-refractivity contribution in [1.82, 2.24) is 10.3 Å². The predicted octanol–water partition coefficient (Wildman–Crippen LogP) is 4.15. The lowest BCUT2D eigenvalue weighted by molar-refractivity contribution is -0.129. The molecule has 3 rings (SSSR count). The maximum Gasteiger partial charge on any atom is 0.241 e. The van der Waals surface area contributed by atoms with Gasteiger partial charge >= 0.3 is 0 Å². The van der Waals surface area contributed by atoms with Crippen molar-refractivity contribution < 1.29 is 19.1 Å². The fourth-order valence-electron chi connectivity index (χ4n) is 3.07. The number of ether oxygens (including phenoxy) is 2. The summed E-state index contributed by atoms with van der Waals surface area (Å²) in [5.74, 6) is 1.12. The first kappa shape index (κ1) is 22.7. The van der Waals surface area contributed by atoms with E-state index in [9.17, 15) is 9.59 Å². The molecular formula is C23H27N3O4S. The van der Waals surface area contributed by atoms with Crippen LogP contribution in [0, 0.1) is 13.8 Å². The zero-order valence-corrected chi connectivity index (χ0v) is 19.0. The van der Waals surface area contributed by atoms with Crippen LogP contribution in [0.2, 0.25) is 0 Å². The Bertz CT molecular complexity index is 993. The van der Waals surface area contributed by atoms with E-state index < -0.39 is 5.37 Å². The molecule has 0 saturated carbocycles. The SMILES string of the molecule is CC(=O)NC1=NN(C(C)=O)[C@H](c2ccccc2OCCCOc2cc(C)ccc2C)S1. The number of benzene rings is 2. The van der Waals surface area contributed by atoms with Crippen LogP contribution >= 0.6 is 11.8 Å². The third kappa shape index (κ3) is 6.01. The Kier molecular flexibility index (Phi) is 7.57. The largest absolute Gasteiger partial charge is 0.493 e. The number of hydrogen-bond donors (Lipinski definition) is 1. The maximum absolute atomic E-state index is 12.1. The van der Waals surface area contributed by atoms with Crippen LogP contribution in [0.3, 0.4) is 0 Å². The van der Waals surface area contributed by atoms with Gasteiger partial charge in [0, 0.05) is 25.8 Å². The fourth-order valence-corrected chi connectivity index (χ4v) is 4.23. The zero-order valence-electron chi connectivity index (χ0n) is 18.2. The minimum Gasteiger partial charge on any atom is -0.493 e. The van der Waals surface area contributed by atoms with Crippen LogP contribution in [0.25, 0.3) is 0 Å². The lowest BCUT2D eigenvalue weighted by Gasteiger charge is -2.22. The van der Waals surface area contributed by atoms with Crippen LogP contribution < -0.4 is 14.8 Å². The molecule has 0 unspecified atom stereocenters. The molecule has 31 heavy (non-hydrogen) atoms. The van der Waals surface area contributed by atoms with Crippen LogP contribution in [0.5, 0.6) is 11.5 Å². The molecule has 1 atom stereocenters. The quantitative estimate of drug-likeness (QED) is 0.653. The number of aryl methyl sites for hydroxylation is 2. The molecule has 1 aliphatic heterocycles. The molecule has 2 aromatic carbocycles. The Balaban J connectivity index is 1.61. The summed E-state index contributed by atoms with van der Waals surface area (Å²) < 4.78 is 11.9. The number of amides is 2. The molecule has 2 amide bonds. The van der Waals surface area contributed by atoms with Gasteiger partial charge in [0.2, 0.25) is 11.8 Å². The first-order chi connectivity index (χ1) is 14.8. The van der Waals surface area contributed by atoms with Gasteiger partial charge in [-0.15, -0.1) is 5.10 Å². The number of hydrogen-bond acceptors (Lipinski definition) is 6. The monoisotopic (exact) mass is 441 g/mol. The van der Waals surface area contributed by atoms with Crippen molar-refractivity contribution >= 4 is 28.7 Å². The molecule has 0 aromatic heterocycles. The van der Waals surface area contributed by atoms with Crippen LogP contribution in [-0.2, 0) is 9.59 Å². The molecule has 1 N–H and O–H groups in total. The van der Waals surface area contributed by atoms with Crippen molar-refractivity contribution in [3.05, 3.63) is 59.2 Å². The highest BCUT2D eigenvalue weighted by molar-refractivity contribution is 8.14. The molecule has 164 valence electrons. The average Bonchev–Trinajstić information content (AvgIpc) is 3.14. The summed E-state index contributed by atoms with van der Waals surface area (Å²) in [5.41, 5.74) is 3.09. The first-order valence-corrected chi connectivity index (χ1v) is 11.0. The predicted molar refractivity (Wildman–Crippen MR) is 122 cm³/mol. The highest BCUT2D eigenvalue weighted by Gasteiger charge is 2.34. The summed E-state index contributed by atoms with van der Waals surface area (Å²) >= 11 is 1.31. The van der Waals surface area contributed by atoms with Gasteiger partial charge in [0.05, 0.1) is 13.2 Å². The van der Waals surface area contributed by atoms with E-state index in [2.05, 4.69) is 22.6 Å². The summed E-state index contributed by atoms with van der Waals surface area (Å²) in [6.07, 6.45) is 0.712. The smallest absolute Gasteiger partial charge is 0.241 e. The minimum atomic E-state index is -0.401. The first-order valence-electron chi connectivity index (χ1n) is 10.1. The van der Waals surface area contributed by atoms with Gasteiger partial charge in [-0.3, -0.25) is 9.59 Å². The molecule has 0 aliphatic carbocycles. The van der Waals surface area contributed by atoms with Gasteiger partial charge in [-0.25, -0.2) is 5.01 Å². The number of nitrogens with one attached hydrogen (secondary N) is 1. The Morgan fingerprint density at radius 2 is 1.77 bits per heavy atom. The number of rotatable bonds is 7. The van der Waals surface area contributed by atoms with Gasteiger partial charge in [0.25, 0.3) is 0 Å². The van der Waals surface area contributed by atoms with Crippen molar-refractivity contribution in [2.45, 2.75) is 39.5 Å². The zero-order chi connectivity index (χ0) is 22.4. The van der Waals surface area contributed by atoms with Crippen molar-refractivity contribution in [3.63, 3.8) is 0 Å². The van der Waals surface area contributed by atoms with Gasteiger partial charge in [-0.1, -0.05) is 42.1 Å². The van der Waals surface area contributed by atoms with Crippen molar-refractivity contribution in [2.75, 3.05) is 13.2 Å². The average molecular weight is 442 g/mol. The van der Waals surface area contributed by atoms with Crippen LogP contribution in [0.4, 0.5) is 0 Å². The Labute approximate surface area is 186 Å². The molecule has 0 fully saturated rings. The van der Waals surface area contributed by atoms with E-state index >= 15 is 0 Å². The second-order valence-corrected chi connectivity index (χ2v) is 8.35. The van der Waals surface area contributed by atoms with Crippen LogP contribution in [-0.4, -0.2) is 35.2 Å². The summed E-state index contributed by atoms with van der Waals surface area (Å²) in [4.78, 5) is 23.5. The number of amidine groups is 1. The van der Waals surface area contributed by atoms with Gasteiger partial charge in [0.15, 0.2) is 5.17 Å². The lowest BCUT2D eigenvalue weighted by Crippen LogP contribution is -2.25. The highest BCUT2D eigenvalue weighted by Crippen LogP contribution is 2.42. The summed E-state index contributed by atoms with van der Waals surface area (Å²) in [6.45, 7) is 7.93. The third-order valence-electron chi connectivity index (χ3n) is 4.58. The molecular weight excluding hydrogens is 414 g/mol. The molecule has 0 bridgehead atoms. The number of para-hydroxylation sites is 1. The topological polar surface area (TPSA) is 80.2 Å². The number of hydrazone groups is 1. The number of carbonyl (C=O) groups excluding carboxylic acids is 2. The Morgan fingerprint density at radius 3 is 2.48 bits per heavy atom. The molecule has 7 nitrogen and oxygen atoms in total. The van der Waals surface area contributed by atoms with Crippen LogP contribution in [0.15, 0.2) is 47.6 Å². The van der Waals surface area contributed by atoms with E-state index in [1.54, 1.807) is 0 Å². The van der Waals surface area contributed by atoms with Crippen molar-refractivity contribution in [2.24, 2.45) is 5.10 Å². The van der Waals surface area contributed by atoms with Crippen molar-refractivity contribution in [3.8, 4) is 11.5 Å². The summed E-state index contributed by atoms with van der Waals surface area (Å²) in [5, 5.41) is 8.25. The fraction of sp³-hybridized carbons (Fsp3) is 0.348. The van der Waals surface area contributed by atoms with Crippen LogP contribution in [0.1, 0.15) is 42.3 Å². The molecule has 1 aliphatic rings. The van der Waals surface area contributed by atoms with E-state index in [-0.39, 0.29) is 11.8 Å². The highest BCUT2D eigenvalue weighted by atomic mass is 32.2. The third-order valence-corrected chi connectivity index (χ3v) is 5.67. The standard InChI is InChI=1S/C23H27N3O4S/c1-15-10-11-16(2)21(14-15)30-13-7-12-29-20-9-6-5-8-19(20)22-26(18(4)28)25-23(31-22)24-17(3)27/h5-6,8-11,14,22H,7,12-13H2,1-4H3,(H,24,25,27)/t22-/m0/s1. The van der Waals surface area contributed by atoms with Gasteiger partial charge in [0.1, 0.15) is 16.9 Å². The summed E-state index contributed by atoms with van der Waals surface area (Å²) in [7, 11) is 0. The number of carbonyl (C=O) groups is 2. The molecule has 2 aromatic rings. The van der Waals surface area contributed by atoms with E-state index in [4.69, 9.17) is 9.47 Å². The van der Waals surface area contributed by atoms with Gasteiger partial charge in [-0.05, 0) is 37.1 Å². The number of thioether (sulfide) groups is 1.